The lowest BCUT2D eigenvalue weighted by molar-refractivity contribution is -0.144. The molecule has 2 N–H and O–H groups in total. The average Bonchev–Trinajstić information content (AvgIpc) is 2.48. The molecule has 1 aromatic carbocycles. The molecule has 2 amide bonds. The summed E-state index contributed by atoms with van der Waals surface area (Å²) in [5.74, 6) is -1.09. The maximum atomic E-state index is 12.2. The van der Waals surface area contributed by atoms with Crippen molar-refractivity contribution in [2.75, 3.05) is 26.3 Å². The molecule has 1 saturated heterocycles. The third-order valence-electron chi connectivity index (χ3n) is 3.43. The number of aliphatic carboxylic acids is 1. The standard InChI is InChI=1S/C14H18N2O4/c1-14(12(17)18,11-5-3-2-4-6-11)15-13(19)16-7-9-20-10-8-16/h2-6H,7-10H2,1H3,(H,15,19)(H,17,18). The van der Waals surface area contributed by atoms with E-state index in [1.807, 2.05) is 0 Å². The molecule has 2 rings (SSSR count). The minimum Gasteiger partial charge on any atom is -0.479 e. The fraction of sp³-hybridized carbons (Fsp3) is 0.429. The summed E-state index contributed by atoms with van der Waals surface area (Å²) in [5, 5.41) is 12.1. The summed E-state index contributed by atoms with van der Waals surface area (Å²) < 4.78 is 5.17. The third kappa shape index (κ3) is 2.91. The number of carboxylic acids is 1. The SMILES string of the molecule is CC(NC(=O)N1CCOCC1)(C(=O)O)c1ccccc1. The van der Waals surface area contributed by atoms with Crippen LogP contribution in [0, 0.1) is 0 Å². The number of urea groups is 1. The van der Waals surface area contributed by atoms with Gasteiger partial charge in [0.25, 0.3) is 0 Å². The van der Waals surface area contributed by atoms with E-state index in [-0.39, 0.29) is 6.03 Å². The van der Waals surface area contributed by atoms with Crippen molar-refractivity contribution in [2.24, 2.45) is 0 Å². The molecule has 0 spiro atoms. The van der Waals surface area contributed by atoms with Crippen LogP contribution < -0.4 is 5.32 Å². The van der Waals surface area contributed by atoms with Crippen LogP contribution in [0.3, 0.4) is 0 Å². The van der Waals surface area contributed by atoms with Crippen LogP contribution in [0.4, 0.5) is 4.79 Å². The Kier molecular flexibility index (Phi) is 4.24. The second-order valence-corrected chi connectivity index (χ2v) is 4.83. The molecule has 20 heavy (non-hydrogen) atoms. The quantitative estimate of drug-likeness (QED) is 0.865. The van der Waals surface area contributed by atoms with Gasteiger partial charge in [-0.15, -0.1) is 0 Å². The molecule has 108 valence electrons. The maximum absolute atomic E-state index is 12.2. The van der Waals surface area contributed by atoms with Gasteiger partial charge in [0, 0.05) is 13.1 Å². The molecule has 1 aromatic rings. The number of hydrogen-bond acceptors (Lipinski definition) is 3. The van der Waals surface area contributed by atoms with Gasteiger partial charge in [0.05, 0.1) is 13.2 Å². The van der Waals surface area contributed by atoms with Crippen LogP contribution in [-0.2, 0) is 15.1 Å². The fourth-order valence-electron chi connectivity index (χ4n) is 2.08. The Morgan fingerprint density at radius 3 is 2.40 bits per heavy atom. The van der Waals surface area contributed by atoms with Crippen molar-refractivity contribution in [1.82, 2.24) is 10.2 Å². The van der Waals surface area contributed by atoms with Gasteiger partial charge in [-0.05, 0) is 12.5 Å². The summed E-state index contributed by atoms with van der Waals surface area (Å²) in [6, 6.07) is 8.29. The molecule has 0 aliphatic carbocycles. The van der Waals surface area contributed by atoms with Gasteiger partial charge >= 0.3 is 12.0 Å². The van der Waals surface area contributed by atoms with Crippen LogP contribution in [0.25, 0.3) is 0 Å². The minimum absolute atomic E-state index is 0.387. The molecule has 1 heterocycles. The number of hydrogen-bond donors (Lipinski definition) is 2. The lowest BCUT2D eigenvalue weighted by Crippen LogP contribution is -2.55. The highest BCUT2D eigenvalue weighted by Gasteiger charge is 2.38. The topological polar surface area (TPSA) is 78.9 Å². The van der Waals surface area contributed by atoms with E-state index >= 15 is 0 Å². The summed E-state index contributed by atoms with van der Waals surface area (Å²) in [5.41, 5.74) is -0.912. The first-order valence-corrected chi connectivity index (χ1v) is 6.48. The number of carbonyl (C=O) groups is 2. The predicted molar refractivity (Wildman–Crippen MR) is 72.4 cm³/mol. The number of rotatable bonds is 3. The Bertz CT molecular complexity index is 485. The summed E-state index contributed by atoms with van der Waals surface area (Å²) >= 11 is 0. The van der Waals surface area contributed by atoms with Crippen LogP contribution in [-0.4, -0.2) is 48.3 Å². The fourth-order valence-corrected chi connectivity index (χ4v) is 2.08. The van der Waals surface area contributed by atoms with E-state index in [0.717, 1.165) is 0 Å². The molecule has 0 radical (unpaired) electrons. The largest absolute Gasteiger partial charge is 0.479 e. The normalized spacial score (nSPS) is 18.1. The molecule has 1 aliphatic heterocycles. The number of amides is 2. The zero-order chi connectivity index (χ0) is 14.6. The van der Waals surface area contributed by atoms with Gasteiger partial charge in [-0.1, -0.05) is 30.3 Å². The number of nitrogens with zero attached hydrogens (tertiary/aromatic N) is 1. The summed E-state index contributed by atoms with van der Waals surface area (Å²) in [6.07, 6.45) is 0. The first kappa shape index (κ1) is 14.3. The second-order valence-electron chi connectivity index (χ2n) is 4.83. The lowest BCUT2D eigenvalue weighted by Gasteiger charge is -2.32. The molecular weight excluding hydrogens is 260 g/mol. The Hall–Kier alpha value is -2.08. The Balaban J connectivity index is 2.17. The molecule has 0 aromatic heterocycles. The van der Waals surface area contributed by atoms with Gasteiger partial charge in [0.15, 0.2) is 5.54 Å². The zero-order valence-electron chi connectivity index (χ0n) is 11.3. The van der Waals surface area contributed by atoms with E-state index in [1.54, 1.807) is 35.2 Å². The van der Waals surface area contributed by atoms with Gasteiger partial charge in [0.1, 0.15) is 0 Å². The molecule has 1 fully saturated rings. The minimum atomic E-state index is -1.45. The van der Waals surface area contributed by atoms with E-state index in [2.05, 4.69) is 5.32 Å². The van der Waals surface area contributed by atoms with Gasteiger partial charge < -0.3 is 20.1 Å². The van der Waals surface area contributed by atoms with Crippen LogP contribution in [0.1, 0.15) is 12.5 Å². The average molecular weight is 278 g/mol. The van der Waals surface area contributed by atoms with Crippen molar-refractivity contribution in [1.29, 1.82) is 0 Å². The monoisotopic (exact) mass is 278 g/mol. The highest BCUT2D eigenvalue weighted by atomic mass is 16.5. The van der Waals surface area contributed by atoms with Crippen molar-refractivity contribution in [2.45, 2.75) is 12.5 Å². The van der Waals surface area contributed by atoms with Crippen LogP contribution in [0.5, 0.6) is 0 Å². The van der Waals surface area contributed by atoms with Gasteiger partial charge in [-0.2, -0.15) is 0 Å². The predicted octanol–water partition coefficient (Wildman–Crippen LogP) is 1.03. The van der Waals surface area contributed by atoms with E-state index in [9.17, 15) is 14.7 Å². The van der Waals surface area contributed by atoms with E-state index in [1.165, 1.54) is 6.92 Å². The molecule has 1 aliphatic rings. The van der Waals surface area contributed by atoms with Crippen molar-refractivity contribution < 1.29 is 19.4 Å². The highest BCUT2D eigenvalue weighted by Crippen LogP contribution is 2.21. The zero-order valence-corrected chi connectivity index (χ0v) is 11.3. The molecule has 0 bridgehead atoms. The Labute approximate surface area is 117 Å². The van der Waals surface area contributed by atoms with Gasteiger partial charge in [-0.3, -0.25) is 0 Å². The summed E-state index contributed by atoms with van der Waals surface area (Å²) in [7, 11) is 0. The van der Waals surface area contributed by atoms with Crippen molar-refractivity contribution in [3.63, 3.8) is 0 Å². The number of benzene rings is 1. The number of ether oxygens (including phenoxy) is 1. The van der Waals surface area contributed by atoms with Crippen LogP contribution >= 0.6 is 0 Å². The van der Waals surface area contributed by atoms with Crippen molar-refractivity contribution >= 4 is 12.0 Å². The van der Waals surface area contributed by atoms with E-state index in [0.29, 0.717) is 31.9 Å². The number of carbonyl (C=O) groups excluding carboxylic acids is 1. The molecule has 1 unspecified atom stereocenters. The van der Waals surface area contributed by atoms with Gasteiger partial charge in [-0.25, -0.2) is 9.59 Å². The smallest absolute Gasteiger partial charge is 0.333 e. The molecule has 0 saturated carbocycles. The number of nitrogens with one attached hydrogen (secondary N) is 1. The number of carboxylic acid groups (broad SMARTS) is 1. The Morgan fingerprint density at radius 2 is 1.85 bits per heavy atom. The van der Waals surface area contributed by atoms with Gasteiger partial charge in [0.2, 0.25) is 0 Å². The van der Waals surface area contributed by atoms with E-state index < -0.39 is 11.5 Å². The van der Waals surface area contributed by atoms with Crippen molar-refractivity contribution in [3.05, 3.63) is 35.9 Å². The molecule has 6 heteroatoms. The number of morpholine rings is 1. The molecule has 6 nitrogen and oxygen atoms in total. The van der Waals surface area contributed by atoms with Crippen LogP contribution in [0.2, 0.25) is 0 Å². The summed E-state index contributed by atoms with van der Waals surface area (Å²) in [6.45, 7) is 3.38. The Morgan fingerprint density at radius 1 is 1.25 bits per heavy atom. The van der Waals surface area contributed by atoms with E-state index in [4.69, 9.17) is 4.74 Å². The second kappa shape index (κ2) is 5.92. The summed E-state index contributed by atoms with van der Waals surface area (Å²) in [4.78, 5) is 25.3. The molecule has 1 atom stereocenters. The molecular formula is C14H18N2O4. The highest BCUT2D eigenvalue weighted by molar-refractivity contribution is 5.87. The maximum Gasteiger partial charge on any atom is 0.333 e. The first-order chi connectivity index (χ1) is 9.54. The lowest BCUT2D eigenvalue weighted by atomic mass is 9.92. The van der Waals surface area contributed by atoms with Crippen molar-refractivity contribution in [3.8, 4) is 0 Å². The third-order valence-corrected chi connectivity index (χ3v) is 3.43. The van der Waals surface area contributed by atoms with Crippen LogP contribution in [0.15, 0.2) is 30.3 Å². The first-order valence-electron chi connectivity index (χ1n) is 6.48.